The summed E-state index contributed by atoms with van der Waals surface area (Å²) in [5.41, 5.74) is 0.272. The van der Waals surface area contributed by atoms with Gasteiger partial charge < -0.3 is 51.2 Å². The van der Waals surface area contributed by atoms with Crippen LogP contribution in [0.2, 0.25) is 0 Å². The highest BCUT2D eigenvalue weighted by molar-refractivity contribution is 5.93. The van der Waals surface area contributed by atoms with Gasteiger partial charge in [0.1, 0.15) is 24.8 Å². The molecule has 22 heteroatoms. The van der Waals surface area contributed by atoms with Crippen molar-refractivity contribution in [3.63, 3.8) is 0 Å². The summed E-state index contributed by atoms with van der Waals surface area (Å²) in [6, 6.07) is 5.21. The van der Waals surface area contributed by atoms with Gasteiger partial charge in [0.05, 0.1) is 54.9 Å². The van der Waals surface area contributed by atoms with Gasteiger partial charge in [0, 0.05) is 75.3 Å². The molecule has 6 atom stereocenters. The Hall–Kier alpha value is -6.00. The average Bonchev–Trinajstić information content (AvgIpc) is 3.87. The molecule has 2 aromatic heterocycles. The molecule has 6 N–H and O–H groups in total. The average molecular weight is 1010 g/mol. The Kier molecular flexibility index (Phi) is 18.7. The largest absolute Gasteiger partial charge is 0.416 e. The number of carbonyl (C=O) groups is 6. The van der Waals surface area contributed by atoms with Crippen molar-refractivity contribution in [3.05, 3.63) is 60.2 Å². The molecule has 2 aliphatic carbocycles. The number of rotatable bonds is 22. The highest BCUT2D eigenvalue weighted by atomic mass is 19.4. The second-order valence-electron chi connectivity index (χ2n) is 19.7. The molecule has 2 saturated heterocycles. The molecule has 0 radical (unpaired) electrons. The molecule has 7 rings (SSSR count). The van der Waals surface area contributed by atoms with E-state index < -0.39 is 29.7 Å². The maximum atomic E-state index is 14.0. The number of nitrogens with zero attached hydrogens (tertiary/aromatic N) is 5. The minimum atomic E-state index is -4.56. The number of anilines is 1. The monoisotopic (exact) mass is 1010 g/mol. The number of hydrogen-bond donors (Lipinski definition) is 6. The smallest absolute Gasteiger partial charge is 0.379 e. The number of hydrogen-bond acceptors (Lipinski definition) is 13. The molecule has 6 amide bonds. The number of carbonyl (C=O) groups excluding carboxylic acids is 6. The van der Waals surface area contributed by atoms with Gasteiger partial charge in [0.2, 0.25) is 35.4 Å². The summed E-state index contributed by atoms with van der Waals surface area (Å²) < 4.78 is 51.7. The summed E-state index contributed by atoms with van der Waals surface area (Å²) >= 11 is 0. The number of pyridine rings is 1. The molecule has 392 valence electrons. The maximum absolute atomic E-state index is 14.0. The topological polar surface area (TPSA) is 238 Å². The van der Waals surface area contributed by atoms with Crippen molar-refractivity contribution in [1.82, 2.24) is 51.3 Å². The van der Waals surface area contributed by atoms with E-state index in [1.807, 2.05) is 11.0 Å². The van der Waals surface area contributed by atoms with E-state index in [4.69, 9.17) is 9.47 Å². The molecule has 2 aliphatic heterocycles. The molecule has 3 aromatic rings. The first kappa shape index (κ1) is 53.8. The molecule has 4 aliphatic rings. The lowest BCUT2D eigenvalue weighted by atomic mass is 9.83. The van der Waals surface area contributed by atoms with E-state index in [0.717, 1.165) is 30.7 Å². The predicted molar refractivity (Wildman–Crippen MR) is 258 cm³/mol. The summed E-state index contributed by atoms with van der Waals surface area (Å²) in [4.78, 5) is 94.1. The van der Waals surface area contributed by atoms with Crippen LogP contribution in [0.25, 0.3) is 10.9 Å². The molecule has 0 bridgehead atoms. The molecular weight excluding hydrogens is 940 g/mol. The molecule has 1 aromatic carbocycles. The van der Waals surface area contributed by atoms with Crippen LogP contribution >= 0.6 is 0 Å². The van der Waals surface area contributed by atoms with Crippen molar-refractivity contribution in [2.24, 2.45) is 17.8 Å². The molecule has 4 heterocycles. The number of halogens is 3. The van der Waals surface area contributed by atoms with Crippen molar-refractivity contribution in [3.8, 4) is 0 Å². The van der Waals surface area contributed by atoms with Crippen molar-refractivity contribution in [2.75, 3.05) is 65.0 Å². The van der Waals surface area contributed by atoms with Gasteiger partial charge in [0.15, 0.2) is 0 Å². The third-order valence-electron chi connectivity index (χ3n) is 14.1. The third kappa shape index (κ3) is 14.4. The first-order valence-corrected chi connectivity index (χ1v) is 25.1. The number of alkyl halides is 3. The van der Waals surface area contributed by atoms with Gasteiger partial charge in [-0.3, -0.25) is 33.8 Å². The fourth-order valence-electron chi connectivity index (χ4n) is 10.3. The lowest BCUT2D eigenvalue weighted by molar-refractivity contribution is -0.137. The van der Waals surface area contributed by atoms with E-state index in [-0.39, 0.29) is 129 Å². The van der Waals surface area contributed by atoms with E-state index in [0.29, 0.717) is 62.9 Å². The summed E-state index contributed by atoms with van der Waals surface area (Å²) in [5.74, 6) is -1.43. The van der Waals surface area contributed by atoms with Gasteiger partial charge >= 0.3 is 6.18 Å². The van der Waals surface area contributed by atoms with Crippen LogP contribution in [0, 0.1) is 17.8 Å². The zero-order valence-corrected chi connectivity index (χ0v) is 41.2. The summed E-state index contributed by atoms with van der Waals surface area (Å²) in [5, 5.41) is 18.8. The van der Waals surface area contributed by atoms with Crippen molar-refractivity contribution in [2.45, 2.75) is 120 Å². The van der Waals surface area contributed by atoms with Crippen LogP contribution in [-0.2, 0) is 44.4 Å². The molecule has 0 unspecified atom stereocenters. The van der Waals surface area contributed by atoms with Crippen LogP contribution in [0.1, 0.15) is 95.2 Å². The van der Waals surface area contributed by atoms with E-state index in [9.17, 15) is 41.9 Å². The van der Waals surface area contributed by atoms with Crippen LogP contribution < -0.4 is 31.9 Å². The summed E-state index contributed by atoms with van der Waals surface area (Å²) in [6.45, 7) is 6.12. The Bertz CT molecular complexity index is 2360. The zero-order chi connectivity index (χ0) is 51.4. The Labute approximate surface area is 417 Å². The molecular formula is C50H68F3N11O8. The van der Waals surface area contributed by atoms with E-state index >= 15 is 0 Å². The minimum Gasteiger partial charge on any atom is -0.379 e. The molecule has 19 nitrogen and oxygen atoms in total. The number of aromatic nitrogens is 3. The van der Waals surface area contributed by atoms with Gasteiger partial charge in [-0.1, -0.05) is 19.9 Å². The number of ether oxygens (including phenoxy) is 2. The number of amides is 6. The van der Waals surface area contributed by atoms with Crippen LogP contribution in [-0.4, -0.2) is 150 Å². The number of benzene rings is 1. The maximum Gasteiger partial charge on any atom is 0.416 e. The number of likely N-dealkylation sites (tertiary alicyclic amines) is 2. The number of fused-ring (bicyclic) bond motifs is 1. The van der Waals surface area contributed by atoms with Crippen LogP contribution in [0.5, 0.6) is 0 Å². The molecule has 72 heavy (non-hydrogen) atoms. The second kappa shape index (κ2) is 25.1. The zero-order valence-electron chi connectivity index (χ0n) is 41.2. The second-order valence-corrected chi connectivity index (χ2v) is 19.7. The van der Waals surface area contributed by atoms with E-state index in [2.05, 4.69) is 60.7 Å². The number of nitrogens with one attached hydrogen (secondary N) is 6. The minimum absolute atomic E-state index is 0.0765. The molecule has 4 fully saturated rings. The van der Waals surface area contributed by atoms with Crippen molar-refractivity contribution in [1.29, 1.82) is 0 Å². The third-order valence-corrected chi connectivity index (χ3v) is 14.1. The Balaban J connectivity index is 0.779. The van der Waals surface area contributed by atoms with Gasteiger partial charge in [0.25, 0.3) is 0 Å². The van der Waals surface area contributed by atoms with Gasteiger partial charge in [-0.2, -0.15) is 13.2 Å². The predicted octanol–water partition coefficient (Wildman–Crippen LogP) is 3.26. The first-order chi connectivity index (χ1) is 34.5. The van der Waals surface area contributed by atoms with Crippen molar-refractivity contribution >= 4 is 52.2 Å². The SMILES string of the molecule is CC(C)CN[C@@H]1CC[C@H](N2CC[C@H](Nc3ncnc4ccc(C(F)(F)F)cc34)C2=O)[C@H](NC(=O)C2CCC(NC(=O)CCOCCNC(=O)COCCNC(=O)[C@H]3CC(=O)N(C)[C@@H]3c3cccnc3)CC2)C1. The van der Waals surface area contributed by atoms with Gasteiger partial charge in [-0.25, -0.2) is 9.97 Å². The first-order valence-electron chi connectivity index (χ1n) is 25.1. The lowest BCUT2D eigenvalue weighted by Crippen LogP contribution is -2.59. The van der Waals surface area contributed by atoms with E-state index in [1.54, 1.807) is 30.4 Å². The molecule has 2 saturated carbocycles. The van der Waals surface area contributed by atoms with Crippen molar-refractivity contribution < 1.29 is 51.4 Å². The summed E-state index contributed by atoms with van der Waals surface area (Å²) in [7, 11) is 1.67. The van der Waals surface area contributed by atoms with Crippen LogP contribution in [0.4, 0.5) is 19.0 Å². The van der Waals surface area contributed by atoms with E-state index in [1.165, 1.54) is 12.4 Å². The van der Waals surface area contributed by atoms with Crippen LogP contribution in [0.15, 0.2) is 49.1 Å². The standard InChI is InChI=1S/C50H68F3N11O8/c1-30(2)26-57-35-11-13-41(64-19-14-39(49(64)70)61-46-36-23-33(50(51,52)53)8-12-38(36)58-29-59-46)40(24-35)62-47(68)31-6-9-34(10-7-31)60-42(65)15-20-71-21-17-55-43(66)28-72-22-18-56-48(69)37-25-44(67)63(3)45(37)32-5-4-16-54-27-32/h4-5,8,12,16,23,27,29-31,34-35,37,39-41,45,57H,6-7,9-11,13-15,17-22,24-26,28H2,1-3H3,(H,55,66)(H,56,69)(H,60,65)(H,62,68)(H,58,59,61)/t31?,34?,35-,37+,39+,40-,41+,45-/m1/s1. The Morgan fingerprint density at radius 1 is 0.861 bits per heavy atom. The fourth-order valence-corrected chi connectivity index (χ4v) is 10.3. The normalized spacial score (nSPS) is 24.7. The Morgan fingerprint density at radius 3 is 2.38 bits per heavy atom. The lowest BCUT2D eigenvalue weighted by Gasteiger charge is -2.42. The Morgan fingerprint density at radius 2 is 1.62 bits per heavy atom. The highest BCUT2D eigenvalue weighted by Gasteiger charge is 2.44. The molecule has 0 spiro atoms. The quantitative estimate of drug-likeness (QED) is 0.0795. The summed E-state index contributed by atoms with van der Waals surface area (Å²) in [6.07, 6.45) is 5.17. The highest BCUT2D eigenvalue weighted by Crippen LogP contribution is 2.37. The van der Waals surface area contributed by atoms with Crippen LogP contribution in [0.3, 0.4) is 0 Å². The van der Waals surface area contributed by atoms with Gasteiger partial charge in [-0.05, 0) is 93.7 Å². The van der Waals surface area contributed by atoms with Gasteiger partial charge in [-0.15, -0.1) is 0 Å². The fraction of sp³-hybridized carbons (Fsp3) is 0.620.